The van der Waals surface area contributed by atoms with Crippen LogP contribution in [0.2, 0.25) is 0 Å². The topological polar surface area (TPSA) is 103 Å². The van der Waals surface area contributed by atoms with Gasteiger partial charge in [0.2, 0.25) is 11.8 Å². The molecular weight excluding hydrogens is 410 g/mol. The van der Waals surface area contributed by atoms with Crippen LogP contribution in [0.1, 0.15) is 45.7 Å². The first-order valence-corrected chi connectivity index (χ1v) is 12.4. The number of rotatable bonds is 7. The zero-order valence-electron chi connectivity index (χ0n) is 18.4. The van der Waals surface area contributed by atoms with E-state index in [2.05, 4.69) is 32.1 Å². The van der Waals surface area contributed by atoms with Crippen LogP contribution in [0, 0.1) is 11.8 Å². The van der Waals surface area contributed by atoms with E-state index in [-0.39, 0.29) is 12.1 Å². The minimum Gasteiger partial charge on any atom is -0.473 e. The average molecular weight is 440 g/mol. The van der Waals surface area contributed by atoms with Gasteiger partial charge < -0.3 is 10.1 Å². The lowest BCUT2D eigenvalue weighted by molar-refractivity contribution is 0.116. The number of hydrogen-bond acceptors (Lipinski definition) is 6. The Balaban J connectivity index is 1.91. The smallest absolute Gasteiger partial charge is 0.245 e. The van der Waals surface area contributed by atoms with Gasteiger partial charge in [-0.05, 0) is 63.7 Å². The molecule has 2 heterocycles. The van der Waals surface area contributed by atoms with Gasteiger partial charge in [0.1, 0.15) is 11.8 Å². The summed E-state index contributed by atoms with van der Waals surface area (Å²) in [6.07, 6.45) is 10.4. The number of nitrogens with two attached hydrogens (primary N) is 1. The number of fused-ring (bicyclic) bond motifs is 1. The molecule has 3 N–H and O–H groups in total. The molecule has 0 spiro atoms. The largest absolute Gasteiger partial charge is 0.473 e. The van der Waals surface area contributed by atoms with Crippen LogP contribution in [-0.4, -0.2) is 42.9 Å². The number of allylic oxidation sites excluding steroid dienone is 2. The van der Waals surface area contributed by atoms with Crippen LogP contribution in [0.5, 0.6) is 5.88 Å². The van der Waals surface area contributed by atoms with E-state index >= 15 is 0 Å². The molecular formula is C23H29N5O2S. The van der Waals surface area contributed by atoms with E-state index in [1.54, 1.807) is 13.0 Å². The van der Waals surface area contributed by atoms with Gasteiger partial charge in [0.15, 0.2) is 5.52 Å². The second-order valence-electron chi connectivity index (χ2n) is 7.58. The van der Waals surface area contributed by atoms with Gasteiger partial charge in [0.25, 0.3) is 0 Å². The molecule has 0 saturated heterocycles. The molecule has 1 aliphatic rings. The molecule has 164 valence electrons. The first-order valence-electron chi connectivity index (χ1n) is 10.3. The SMILES string of the molecule is CC#Cc1ccc2nc(NC(C)C(=CC)/C=C\C=S(C)(N)=O)nc(OC3CCC3)c2n1. The second-order valence-corrected chi connectivity index (χ2v) is 9.78. The predicted octanol–water partition coefficient (Wildman–Crippen LogP) is 3.22. The molecule has 0 aliphatic heterocycles. The summed E-state index contributed by atoms with van der Waals surface area (Å²) >= 11 is 0. The third kappa shape index (κ3) is 6.29. The van der Waals surface area contributed by atoms with Crippen LogP contribution in [0.25, 0.3) is 11.0 Å². The molecule has 2 unspecified atom stereocenters. The molecule has 3 rings (SSSR count). The highest BCUT2D eigenvalue weighted by molar-refractivity contribution is 7.98. The van der Waals surface area contributed by atoms with Crippen molar-refractivity contribution in [2.24, 2.45) is 5.14 Å². The monoisotopic (exact) mass is 439 g/mol. The maximum Gasteiger partial charge on any atom is 0.245 e. The summed E-state index contributed by atoms with van der Waals surface area (Å²) < 4.78 is 17.8. The molecule has 2 aromatic heterocycles. The van der Waals surface area contributed by atoms with Crippen molar-refractivity contribution >= 4 is 32.1 Å². The molecule has 2 atom stereocenters. The van der Waals surface area contributed by atoms with Crippen LogP contribution < -0.4 is 15.2 Å². The molecule has 0 amide bonds. The van der Waals surface area contributed by atoms with E-state index in [0.29, 0.717) is 28.6 Å². The average Bonchev–Trinajstić information content (AvgIpc) is 2.67. The first-order chi connectivity index (χ1) is 14.8. The minimum atomic E-state index is -2.43. The molecule has 2 aromatic rings. The normalized spacial score (nSPS) is 17.4. The predicted molar refractivity (Wildman–Crippen MR) is 128 cm³/mol. The van der Waals surface area contributed by atoms with Gasteiger partial charge >= 0.3 is 0 Å². The van der Waals surface area contributed by atoms with Crippen LogP contribution >= 0.6 is 0 Å². The molecule has 1 saturated carbocycles. The maximum absolute atomic E-state index is 11.6. The summed E-state index contributed by atoms with van der Waals surface area (Å²) in [4.78, 5) is 13.8. The molecule has 1 fully saturated rings. The molecule has 8 heteroatoms. The lowest BCUT2D eigenvalue weighted by atomic mass is 9.96. The zero-order chi connectivity index (χ0) is 22.4. The summed E-state index contributed by atoms with van der Waals surface area (Å²) in [6, 6.07) is 3.64. The summed E-state index contributed by atoms with van der Waals surface area (Å²) in [5, 5.41) is 10.4. The molecule has 1 aliphatic carbocycles. The van der Waals surface area contributed by atoms with Gasteiger partial charge in [0, 0.05) is 21.3 Å². The first kappa shape index (κ1) is 22.8. The minimum absolute atomic E-state index is 0.0903. The van der Waals surface area contributed by atoms with E-state index in [9.17, 15) is 4.21 Å². The van der Waals surface area contributed by atoms with Gasteiger partial charge in [-0.1, -0.05) is 24.1 Å². The Bertz CT molecular complexity index is 1190. The summed E-state index contributed by atoms with van der Waals surface area (Å²) in [6.45, 7) is 5.72. The van der Waals surface area contributed by atoms with Crippen molar-refractivity contribution in [2.45, 2.75) is 52.2 Å². The number of aromatic nitrogens is 3. The fraction of sp³-hybridized carbons (Fsp3) is 0.391. The highest BCUT2D eigenvalue weighted by Gasteiger charge is 2.22. The second kappa shape index (κ2) is 9.94. The number of hydrogen-bond donors (Lipinski definition) is 2. The molecule has 0 bridgehead atoms. The molecule has 0 aromatic carbocycles. The van der Waals surface area contributed by atoms with Crippen molar-refractivity contribution in [3.8, 4) is 17.7 Å². The van der Waals surface area contributed by atoms with Crippen LogP contribution in [0.4, 0.5) is 5.95 Å². The van der Waals surface area contributed by atoms with Crippen molar-refractivity contribution in [2.75, 3.05) is 11.6 Å². The Kier molecular flexibility index (Phi) is 7.31. The highest BCUT2D eigenvalue weighted by atomic mass is 32.2. The number of pyridine rings is 1. The lowest BCUT2D eigenvalue weighted by Gasteiger charge is -2.26. The summed E-state index contributed by atoms with van der Waals surface area (Å²) in [5.41, 5.74) is 2.96. The van der Waals surface area contributed by atoms with Gasteiger partial charge in [-0.2, -0.15) is 4.98 Å². The number of ether oxygens (including phenoxy) is 1. The van der Waals surface area contributed by atoms with E-state index < -0.39 is 9.71 Å². The Hall–Kier alpha value is -2.89. The number of anilines is 1. The fourth-order valence-electron chi connectivity index (χ4n) is 3.05. The quantitative estimate of drug-likeness (QED) is 0.297. The van der Waals surface area contributed by atoms with Gasteiger partial charge in [0.05, 0.1) is 11.6 Å². The summed E-state index contributed by atoms with van der Waals surface area (Å²) in [5.74, 6) is 6.77. The fourth-order valence-corrected chi connectivity index (χ4v) is 3.44. The van der Waals surface area contributed by atoms with Crippen molar-refractivity contribution in [1.82, 2.24) is 15.0 Å². The van der Waals surface area contributed by atoms with Crippen molar-refractivity contribution in [3.63, 3.8) is 0 Å². The number of nitrogens with zero attached hydrogens (tertiary/aromatic N) is 3. The summed E-state index contributed by atoms with van der Waals surface area (Å²) in [7, 11) is -2.43. The Morgan fingerprint density at radius 2 is 2.13 bits per heavy atom. The van der Waals surface area contributed by atoms with E-state index in [4.69, 9.17) is 9.88 Å². The van der Waals surface area contributed by atoms with Crippen molar-refractivity contribution in [1.29, 1.82) is 0 Å². The highest BCUT2D eigenvalue weighted by Crippen LogP contribution is 2.29. The van der Waals surface area contributed by atoms with E-state index in [0.717, 1.165) is 24.8 Å². The van der Waals surface area contributed by atoms with Crippen molar-refractivity contribution < 1.29 is 8.95 Å². The maximum atomic E-state index is 11.6. The molecule has 31 heavy (non-hydrogen) atoms. The van der Waals surface area contributed by atoms with Gasteiger partial charge in [-0.25, -0.2) is 9.97 Å². The molecule has 0 radical (unpaired) electrons. The number of nitrogens with one attached hydrogen (secondary N) is 1. The standard InChI is InChI=1S/C23H29N5O2S/c1-5-9-18-13-14-20-21(26-18)22(30-19-11-7-12-19)28-23(27-20)25-16(3)17(6-2)10-8-15-31(4,24)29/h6,8,10,13-16,19H,7,11-12H2,1-4H3,(H2,24,29)(H,25,27,28)/b10-8-,17-6?. The van der Waals surface area contributed by atoms with Crippen LogP contribution in [0.15, 0.2) is 35.9 Å². The lowest BCUT2D eigenvalue weighted by Crippen LogP contribution is -2.26. The van der Waals surface area contributed by atoms with Crippen molar-refractivity contribution in [3.05, 3.63) is 41.6 Å². The third-order valence-corrected chi connectivity index (χ3v) is 5.61. The van der Waals surface area contributed by atoms with Gasteiger partial charge in [-0.15, -0.1) is 0 Å². The Labute approximate surface area is 184 Å². The molecule has 7 nitrogen and oxygen atoms in total. The van der Waals surface area contributed by atoms with E-state index in [1.807, 2.05) is 38.1 Å². The van der Waals surface area contributed by atoms with Gasteiger partial charge in [-0.3, -0.25) is 9.35 Å². The Morgan fingerprint density at radius 3 is 2.74 bits per heavy atom. The van der Waals surface area contributed by atoms with Crippen LogP contribution in [-0.2, 0) is 9.71 Å². The third-order valence-electron chi connectivity index (χ3n) is 4.91. The van der Waals surface area contributed by atoms with Crippen LogP contribution in [0.3, 0.4) is 0 Å². The van der Waals surface area contributed by atoms with E-state index in [1.165, 1.54) is 11.6 Å². The zero-order valence-corrected chi connectivity index (χ0v) is 19.2. The Morgan fingerprint density at radius 1 is 1.35 bits per heavy atom.